The summed E-state index contributed by atoms with van der Waals surface area (Å²) in [5.41, 5.74) is 1.92. The van der Waals surface area contributed by atoms with E-state index in [4.69, 9.17) is 0 Å². The second-order valence-electron chi connectivity index (χ2n) is 8.01. The van der Waals surface area contributed by atoms with Gasteiger partial charge in [0.1, 0.15) is 5.78 Å². The van der Waals surface area contributed by atoms with E-state index in [1.807, 2.05) is 61.5 Å². The number of nitrogens with one attached hydrogen (secondary N) is 1. The zero-order valence-electron chi connectivity index (χ0n) is 17.9. The maximum absolute atomic E-state index is 12.6. The summed E-state index contributed by atoms with van der Waals surface area (Å²) in [4.78, 5) is 41.2. The molecule has 0 aromatic heterocycles. The van der Waals surface area contributed by atoms with Crippen LogP contribution in [-0.2, 0) is 15.0 Å². The summed E-state index contributed by atoms with van der Waals surface area (Å²) in [5.74, 6) is -0.265. The number of anilines is 1. The van der Waals surface area contributed by atoms with Crippen LogP contribution in [0.5, 0.6) is 0 Å². The van der Waals surface area contributed by atoms with Gasteiger partial charge in [0.2, 0.25) is 5.91 Å². The normalized spacial score (nSPS) is 15.4. The Balaban J connectivity index is 1.58. The van der Waals surface area contributed by atoms with Gasteiger partial charge < -0.3 is 15.1 Å². The minimum atomic E-state index is -0.534. The molecule has 1 fully saturated rings. The molecule has 0 saturated carbocycles. The van der Waals surface area contributed by atoms with Crippen molar-refractivity contribution in [3.63, 3.8) is 0 Å². The van der Waals surface area contributed by atoms with Crippen LogP contribution in [-0.4, -0.2) is 56.2 Å². The van der Waals surface area contributed by atoms with Gasteiger partial charge >= 0.3 is 0 Å². The first-order chi connectivity index (χ1) is 14.3. The first kappa shape index (κ1) is 21.6. The Morgan fingerprint density at radius 3 is 2.27 bits per heavy atom. The van der Waals surface area contributed by atoms with Crippen LogP contribution in [0, 0.1) is 0 Å². The van der Waals surface area contributed by atoms with Crippen LogP contribution in [0.4, 0.5) is 5.69 Å². The van der Waals surface area contributed by atoms with Gasteiger partial charge in [0.25, 0.3) is 5.91 Å². The molecule has 2 amide bonds. The molecule has 0 aliphatic carbocycles. The van der Waals surface area contributed by atoms with Gasteiger partial charge in [-0.1, -0.05) is 36.4 Å². The minimum absolute atomic E-state index is 0.0521. The number of nitrogens with zero attached hydrogens (tertiary/aromatic N) is 2. The summed E-state index contributed by atoms with van der Waals surface area (Å²) >= 11 is 0. The summed E-state index contributed by atoms with van der Waals surface area (Å²) < 4.78 is 0. The average Bonchev–Trinajstić information content (AvgIpc) is 2.77. The van der Waals surface area contributed by atoms with E-state index in [0.717, 1.165) is 11.3 Å². The van der Waals surface area contributed by atoms with Crippen molar-refractivity contribution in [3.05, 3.63) is 65.7 Å². The SMILES string of the molecule is CC(=O)C1(c2ccccc2)CCN(C(=O)CNC(=O)c2cccc(N(C)C)c2)CC1. The molecule has 1 aliphatic rings. The lowest BCUT2D eigenvalue weighted by atomic mass is 9.70. The number of benzene rings is 2. The molecule has 6 nitrogen and oxygen atoms in total. The molecule has 1 aliphatic heterocycles. The van der Waals surface area contributed by atoms with Crippen LogP contribution < -0.4 is 10.2 Å². The van der Waals surface area contributed by atoms with Gasteiger partial charge in [-0.2, -0.15) is 0 Å². The van der Waals surface area contributed by atoms with Crippen LogP contribution in [0.25, 0.3) is 0 Å². The lowest BCUT2D eigenvalue weighted by molar-refractivity contribution is -0.134. The highest BCUT2D eigenvalue weighted by atomic mass is 16.2. The van der Waals surface area contributed by atoms with Crippen molar-refractivity contribution >= 4 is 23.3 Å². The Hall–Kier alpha value is -3.15. The fourth-order valence-electron chi connectivity index (χ4n) is 4.03. The van der Waals surface area contributed by atoms with E-state index >= 15 is 0 Å². The van der Waals surface area contributed by atoms with Crippen molar-refractivity contribution in [2.75, 3.05) is 38.6 Å². The van der Waals surface area contributed by atoms with Crippen molar-refractivity contribution < 1.29 is 14.4 Å². The van der Waals surface area contributed by atoms with Crippen LogP contribution in [0.2, 0.25) is 0 Å². The predicted octanol–water partition coefficient (Wildman–Crippen LogP) is 2.63. The summed E-state index contributed by atoms with van der Waals surface area (Å²) in [6, 6.07) is 17.1. The topological polar surface area (TPSA) is 69.7 Å². The minimum Gasteiger partial charge on any atom is -0.378 e. The highest BCUT2D eigenvalue weighted by Crippen LogP contribution is 2.36. The lowest BCUT2D eigenvalue weighted by Gasteiger charge is -2.40. The first-order valence-electron chi connectivity index (χ1n) is 10.2. The summed E-state index contributed by atoms with van der Waals surface area (Å²) in [6.45, 7) is 2.58. The van der Waals surface area contributed by atoms with Crippen LogP contribution in [0.3, 0.4) is 0 Å². The number of carbonyl (C=O) groups is 3. The van der Waals surface area contributed by atoms with Crippen molar-refractivity contribution in [2.24, 2.45) is 0 Å². The van der Waals surface area contributed by atoms with Gasteiger partial charge in [-0.3, -0.25) is 14.4 Å². The van der Waals surface area contributed by atoms with E-state index in [2.05, 4.69) is 5.32 Å². The van der Waals surface area contributed by atoms with E-state index in [9.17, 15) is 14.4 Å². The largest absolute Gasteiger partial charge is 0.378 e. The maximum Gasteiger partial charge on any atom is 0.251 e. The van der Waals surface area contributed by atoms with Crippen LogP contribution in [0.15, 0.2) is 54.6 Å². The fourth-order valence-corrected chi connectivity index (χ4v) is 4.03. The number of ketones is 1. The molecule has 1 saturated heterocycles. The van der Waals surface area contributed by atoms with E-state index in [0.29, 0.717) is 31.5 Å². The van der Waals surface area contributed by atoms with E-state index in [1.165, 1.54) is 0 Å². The van der Waals surface area contributed by atoms with Crippen LogP contribution >= 0.6 is 0 Å². The molecule has 158 valence electrons. The molecule has 0 unspecified atom stereocenters. The van der Waals surface area contributed by atoms with Gasteiger partial charge in [0, 0.05) is 38.4 Å². The van der Waals surface area contributed by atoms with Crippen molar-refractivity contribution in [2.45, 2.75) is 25.2 Å². The molecule has 0 spiro atoms. The molecule has 0 radical (unpaired) electrons. The third-order valence-electron chi connectivity index (χ3n) is 5.99. The van der Waals surface area contributed by atoms with Gasteiger partial charge in [-0.25, -0.2) is 0 Å². The number of Topliss-reactive ketones (excluding diaryl/α,β-unsaturated/α-hetero) is 1. The Labute approximate surface area is 177 Å². The third-order valence-corrected chi connectivity index (χ3v) is 5.99. The van der Waals surface area contributed by atoms with E-state index in [-0.39, 0.29) is 24.1 Å². The molecule has 0 atom stereocenters. The third kappa shape index (κ3) is 4.53. The molecule has 1 N–H and O–H groups in total. The summed E-state index contributed by atoms with van der Waals surface area (Å²) in [6.07, 6.45) is 1.19. The first-order valence-corrected chi connectivity index (χ1v) is 10.2. The number of rotatable bonds is 6. The smallest absolute Gasteiger partial charge is 0.251 e. The summed E-state index contributed by atoms with van der Waals surface area (Å²) in [5, 5.41) is 2.72. The van der Waals surface area contributed by atoms with E-state index in [1.54, 1.807) is 24.0 Å². The van der Waals surface area contributed by atoms with Gasteiger partial charge in [0.15, 0.2) is 0 Å². The number of hydrogen-bond donors (Lipinski definition) is 1. The second kappa shape index (κ2) is 9.11. The number of piperidine rings is 1. The van der Waals surface area contributed by atoms with Gasteiger partial charge in [0.05, 0.1) is 12.0 Å². The standard InChI is InChI=1S/C24H29N3O3/c1-18(28)24(20-9-5-4-6-10-20)12-14-27(15-13-24)22(29)17-25-23(30)19-8-7-11-21(16-19)26(2)3/h4-11,16H,12-15,17H2,1-3H3,(H,25,30). The average molecular weight is 408 g/mol. The summed E-state index contributed by atoms with van der Waals surface area (Å²) in [7, 11) is 3.82. The maximum atomic E-state index is 12.6. The number of carbonyl (C=O) groups excluding carboxylic acids is 3. The second-order valence-corrected chi connectivity index (χ2v) is 8.01. The Morgan fingerprint density at radius 1 is 1.00 bits per heavy atom. The van der Waals surface area contributed by atoms with Crippen molar-refractivity contribution in [3.8, 4) is 0 Å². The predicted molar refractivity (Wildman–Crippen MR) is 118 cm³/mol. The number of likely N-dealkylation sites (tertiary alicyclic amines) is 1. The number of hydrogen-bond acceptors (Lipinski definition) is 4. The van der Waals surface area contributed by atoms with Crippen molar-refractivity contribution in [1.29, 1.82) is 0 Å². The molecular formula is C24H29N3O3. The highest BCUT2D eigenvalue weighted by Gasteiger charge is 2.41. The molecular weight excluding hydrogens is 378 g/mol. The zero-order chi connectivity index (χ0) is 21.7. The Kier molecular flexibility index (Phi) is 6.55. The quantitative estimate of drug-likeness (QED) is 0.799. The van der Waals surface area contributed by atoms with E-state index < -0.39 is 5.41 Å². The number of amides is 2. The van der Waals surface area contributed by atoms with Crippen molar-refractivity contribution in [1.82, 2.24) is 10.2 Å². The fraction of sp³-hybridized carbons (Fsp3) is 0.375. The van der Waals surface area contributed by atoms with Gasteiger partial charge in [-0.05, 0) is 43.5 Å². The molecule has 30 heavy (non-hydrogen) atoms. The van der Waals surface area contributed by atoms with Crippen LogP contribution in [0.1, 0.15) is 35.7 Å². The molecule has 3 rings (SSSR count). The lowest BCUT2D eigenvalue weighted by Crippen LogP contribution is -2.50. The zero-order valence-corrected chi connectivity index (χ0v) is 17.9. The molecule has 2 aromatic carbocycles. The molecule has 1 heterocycles. The monoisotopic (exact) mass is 407 g/mol. The molecule has 6 heteroatoms. The van der Waals surface area contributed by atoms with Gasteiger partial charge in [-0.15, -0.1) is 0 Å². The Bertz CT molecular complexity index is 916. The highest BCUT2D eigenvalue weighted by molar-refractivity contribution is 5.97. The molecule has 2 aromatic rings. The molecule has 0 bridgehead atoms. The Morgan fingerprint density at radius 2 is 1.67 bits per heavy atom.